The van der Waals surface area contributed by atoms with Gasteiger partial charge in [-0.2, -0.15) is 5.10 Å². The van der Waals surface area contributed by atoms with Crippen molar-refractivity contribution in [2.24, 2.45) is 0 Å². The monoisotopic (exact) mass is 324 g/mol. The van der Waals surface area contributed by atoms with Crippen molar-refractivity contribution in [2.75, 3.05) is 0 Å². The van der Waals surface area contributed by atoms with Gasteiger partial charge in [-0.05, 0) is 20.8 Å². The summed E-state index contributed by atoms with van der Waals surface area (Å²) in [6, 6.07) is 11.1. The number of carbonyl (C=O) groups excluding carboxylic acids is 1. The van der Waals surface area contributed by atoms with Crippen LogP contribution in [0.25, 0.3) is 11.3 Å². The van der Waals surface area contributed by atoms with Crippen molar-refractivity contribution in [2.45, 2.75) is 33.4 Å². The fourth-order valence-corrected chi connectivity index (χ4v) is 2.67. The van der Waals surface area contributed by atoms with E-state index in [0.29, 0.717) is 5.76 Å². The molecule has 2 aromatic heterocycles. The molecular formula is C18H20N4O2. The van der Waals surface area contributed by atoms with Gasteiger partial charge in [0, 0.05) is 29.4 Å². The number of nitrogens with one attached hydrogen (secondary N) is 1. The maximum absolute atomic E-state index is 12.4. The normalized spacial score (nSPS) is 12.1. The maximum Gasteiger partial charge on any atom is 0.273 e. The van der Waals surface area contributed by atoms with Crippen molar-refractivity contribution in [3.63, 3.8) is 0 Å². The molecule has 124 valence electrons. The predicted octanol–water partition coefficient (Wildman–Crippen LogP) is 3.36. The number of carbonyl (C=O) groups is 1. The second kappa shape index (κ2) is 6.70. The number of amides is 1. The van der Waals surface area contributed by atoms with Crippen molar-refractivity contribution >= 4 is 5.91 Å². The van der Waals surface area contributed by atoms with Gasteiger partial charge in [0.2, 0.25) is 0 Å². The summed E-state index contributed by atoms with van der Waals surface area (Å²) in [6.07, 6.45) is 1.79. The van der Waals surface area contributed by atoms with Crippen LogP contribution in [0.2, 0.25) is 0 Å². The van der Waals surface area contributed by atoms with Gasteiger partial charge >= 0.3 is 0 Å². The number of rotatable bonds is 5. The Bertz CT molecular complexity index is 836. The maximum atomic E-state index is 12.4. The Hall–Kier alpha value is -2.89. The lowest BCUT2D eigenvalue weighted by molar-refractivity contribution is 0.0930. The van der Waals surface area contributed by atoms with Crippen molar-refractivity contribution in [1.82, 2.24) is 20.3 Å². The van der Waals surface area contributed by atoms with Crippen LogP contribution in [0, 0.1) is 6.92 Å². The third-order valence-electron chi connectivity index (χ3n) is 4.06. The molecule has 0 saturated carbocycles. The lowest BCUT2D eigenvalue weighted by Gasteiger charge is -2.12. The second-order valence-electron chi connectivity index (χ2n) is 5.64. The first-order valence-electron chi connectivity index (χ1n) is 7.95. The van der Waals surface area contributed by atoms with Crippen LogP contribution in [0.3, 0.4) is 0 Å². The number of hydrogen-bond donors (Lipinski definition) is 1. The first-order chi connectivity index (χ1) is 11.6. The summed E-state index contributed by atoms with van der Waals surface area (Å²) in [4.78, 5) is 12.4. The molecule has 24 heavy (non-hydrogen) atoms. The van der Waals surface area contributed by atoms with Crippen LogP contribution < -0.4 is 5.32 Å². The van der Waals surface area contributed by atoms with Crippen LogP contribution in [0.15, 0.2) is 47.1 Å². The second-order valence-corrected chi connectivity index (χ2v) is 5.64. The Labute approximate surface area is 140 Å². The Morgan fingerprint density at radius 3 is 2.75 bits per heavy atom. The molecule has 0 fully saturated rings. The van der Waals surface area contributed by atoms with Gasteiger partial charge in [0.05, 0.1) is 12.2 Å². The van der Waals surface area contributed by atoms with Gasteiger partial charge in [-0.25, -0.2) is 0 Å². The van der Waals surface area contributed by atoms with E-state index in [1.165, 1.54) is 0 Å². The fraction of sp³-hybridized carbons (Fsp3) is 0.278. The highest BCUT2D eigenvalue weighted by Crippen LogP contribution is 2.21. The fourth-order valence-electron chi connectivity index (χ4n) is 2.67. The molecule has 3 rings (SSSR count). The summed E-state index contributed by atoms with van der Waals surface area (Å²) < 4.78 is 7.18. The Balaban J connectivity index is 1.73. The molecule has 0 radical (unpaired) electrons. The Kier molecular flexibility index (Phi) is 4.46. The molecule has 1 aromatic carbocycles. The first kappa shape index (κ1) is 16.0. The SMILES string of the molecule is CCn1ncc(C(C)NC(=O)c2cc(-c3ccccc3)on2)c1C. The highest BCUT2D eigenvalue weighted by molar-refractivity contribution is 5.93. The molecule has 6 nitrogen and oxygen atoms in total. The average Bonchev–Trinajstić information content (AvgIpc) is 3.22. The van der Waals surface area contributed by atoms with E-state index in [1.807, 2.05) is 55.8 Å². The molecule has 1 N–H and O–H groups in total. The molecule has 0 spiro atoms. The topological polar surface area (TPSA) is 73.0 Å². The summed E-state index contributed by atoms with van der Waals surface area (Å²) >= 11 is 0. The molecule has 3 aromatic rings. The molecule has 0 saturated heterocycles. The number of nitrogens with zero attached hydrogens (tertiary/aromatic N) is 3. The van der Waals surface area contributed by atoms with E-state index in [4.69, 9.17) is 4.52 Å². The first-order valence-corrected chi connectivity index (χ1v) is 7.95. The van der Waals surface area contributed by atoms with E-state index in [9.17, 15) is 4.79 Å². The zero-order valence-corrected chi connectivity index (χ0v) is 14.0. The molecule has 6 heteroatoms. The number of benzene rings is 1. The quantitative estimate of drug-likeness (QED) is 0.781. The van der Waals surface area contributed by atoms with Crippen LogP contribution in [-0.2, 0) is 6.54 Å². The van der Waals surface area contributed by atoms with E-state index >= 15 is 0 Å². The highest BCUT2D eigenvalue weighted by Gasteiger charge is 2.19. The third kappa shape index (κ3) is 3.08. The van der Waals surface area contributed by atoms with E-state index in [-0.39, 0.29) is 17.6 Å². The largest absolute Gasteiger partial charge is 0.355 e. The smallest absolute Gasteiger partial charge is 0.273 e. The van der Waals surface area contributed by atoms with Gasteiger partial charge in [-0.3, -0.25) is 9.48 Å². The van der Waals surface area contributed by atoms with Crippen molar-refractivity contribution in [3.05, 3.63) is 59.5 Å². The number of hydrogen-bond acceptors (Lipinski definition) is 4. The van der Waals surface area contributed by atoms with Gasteiger partial charge in [0.25, 0.3) is 5.91 Å². The highest BCUT2D eigenvalue weighted by atomic mass is 16.5. The summed E-state index contributed by atoms with van der Waals surface area (Å²) in [5.74, 6) is 0.306. The van der Waals surface area contributed by atoms with Crippen LogP contribution in [-0.4, -0.2) is 20.8 Å². The molecule has 0 aliphatic heterocycles. The average molecular weight is 324 g/mol. The molecule has 0 aliphatic rings. The van der Waals surface area contributed by atoms with E-state index in [0.717, 1.165) is 23.4 Å². The molecule has 0 aliphatic carbocycles. The lowest BCUT2D eigenvalue weighted by atomic mass is 10.1. The number of aryl methyl sites for hydroxylation is 1. The minimum absolute atomic E-state index is 0.158. The Morgan fingerprint density at radius 2 is 2.08 bits per heavy atom. The molecule has 2 heterocycles. The zero-order chi connectivity index (χ0) is 17.1. The van der Waals surface area contributed by atoms with E-state index < -0.39 is 0 Å². The summed E-state index contributed by atoms with van der Waals surface area (Å²) in [6.45, 7) is 6.77. The van der Waals surface area contributed by atoms with Gasteiger partial charge in [-0.15, -0.1) is 0 Å². The van der Waals surface area contributed by atoms with Crippen molar-refractivity contribution in [3.8, 4) is 11.3 Å². The van der Waals surface area contributed by atoms with Crippen molar-refractivity contribution < 1.29 is 9.32 Å². The predicted molar refractivity (Wildman–Crippen MR) is 90.5 cm³/mol. The summed E-state index contributed by atoms with van der Waals surface area (Å²) in [7, 11) is 0. The number of aromatic nitrogens is 3. The minimum Gasteiger partial charge on any atom is -0.355 e. The third-order valence-corrected chi connectivity index (χ3v) is 4.06. The standard InChI is InChI=1S/C18H20N4O2/c1-4-22-13(3)15(11-19-22)12(2)20-18(23)16-10-17(24-21-16)14-8-6-5-7-9-14/h5-12H,4H2,1-3H3,(H,20,23). The molecule has 1 amide bonds. The molecule has 1 unspecified atom stereocenters. The zero-order valence-electron chi connectivity index (χ0n) is 14.0. The molecule has 0 bridgehead atoms. The Morgan fingerprint density at radius 1 is 1.33 bits per heavy atom. The summed E-state index contributed by atoms with van der Waals surface area (Å²) in [5.41, 5.74) is 3.20. The van der Waals surface area contributed by atoms with Crippen LogP contribution in [0.4, 0.5) is 0 Å². The van der Waals surface area contributed by atoms with Gasteiger partial charge in [0.15, 0.2) is 11.5 Å². The van der Waals surface area contributed by atoms with E-state index in [1.54, 1.807) is 12.3 Å². The molecular weight excluding hydrogens is 304 g/mol. The van der Waals surface area contributed by atoms with Gasteiger partial charge in [0.1, 0.15) is 0 Å². The van der Waals surface area contributed by atoms with Gasteiger partial charge in [-0.1, -0.05) is 35.5 Å². The van der Waals surface area contributed by atoms with Crippen LogP contribution in [0.5, 0.6) is 0 Å². The van der Waals surface area contributed by atoms with Gasteiger partial charge < -0.3 is 9.84 Å². The minimum atomic E-state index is -0.267. The van der Waals surface area contributed by atoms with Crippen molar-refractivity contribution in [1.29, 1.82) is 0 Å². The van der Waals surface area contributed by atoms with Crippen LogP contribution in [0.1, 0.15) is 41.6 Å². The summed E-state index contributed by atoms with van der Waals surface area (Å²) in [5, 5.41) is 11.1. The van der Waals surface area contributed by atoms with Crippen LogP contribution >= 0.6 is 0 Å². The van der Waals surface area contributed by atoms with E-state index in [2.05, 4.69) is 15.6 Å². The molecule has 1 atom stereocenters. The lowest BCUT2D eigenvalue weighted by Crippen LogP contribution is -2.27.